The second-order valence-electron chi connectivity index (χ2n) is 4.81. The van der Waals surface area contributed by atoms with Gasteiger partial charge in [-0.15, -0.1) is 0 Å². The van der Waals surface area contributed by atoms with Crippen LogP contribution in [0.1, 0.15) is 37.3 Å². The minimum atomic E-state index is -2.29. The van der Waals surface area contributed by atoms with Crippen molar-refractivity contribution in [2.45, 2.75) is 44.6 Å². The summed E-state index contributed by atoms with van der Waals surface area (Å²) in [5.41, 5.74) is 2.42. The van der Waals surface area contributed by atoms with Crippen molar-refractivity contribution in [2.75, 3.05) is 0 Å². The first-order chi connectivity index (χ1) is 8.08. The van der Waals surface area contributed by atoms with Gasteiger partial charge in [0.25, 0.3) is 0 Å². The average molecular weight is 251 g/mol. The maximum absolute atomic E-state index is 10.7. The van der Waals surface area contributed by atoms with Gasteiger partial charge in [0, 0.05) is 5.41 Å². The van der Waals surface area contributed by atoms with Gasteiger partial charge in [0.2, 0.25) is 0 Å². The summed E-state index contributed by atoms with van der Waals surface area (Å²) in [5, 5.41) is 0. The molecular weight excluding hydrogens is 234 g/mol. The lowest BCUT2D eigenvalue weighted by atomic mass is 9.90. The normalized spacial score (nSPS) is 26.6. The third-order valence-electron chi connectivity index (χ3n) is 3.57. The lowest BCUT2D eigenvalue weighted by Crippen LogP contribution is -2.11. The van der Waals surface area contributed by atoms with Gasteiger partial charge in [-0.05, 0) is 25.3 Å². The summed E-state index contributed by atoms with van der Waals surface area (Å²) in [4.78, 5) is 0. The van der Waals surface area contributed by atoms with Crippen LogP contribution < -0.4 is 0 Å². The lowest BCUT2D eigenvalue weighted by molar-refractivity contribution is 0.580. The van der Waals surface area contributed by atoms with Gasteiger partial charge in [0.15, 0.2) is 0 Å². The predicted molar refractivity (Wildman–Crippen MR) is 67.5 cm³/mol. The van der Waals surface area contributed by atoms with E-state index in [2.05, 4.69) is 42.5 Å². The number of aryl methyl sites for hydroxylation is 1. The third kappa shape index (κ3) is 2.41. The summed E-state index contributed by atoms with van der Waals surface area (Å²) in [5.74, 6) is 0. The van der Waals surface area contributed by atoms with Crippen molar-refractivity contribution in [2.24, 2.45) is 4.36 Å². The Kier molecular flexibility index (Phi) is 3.33. The molecule has 2 unspecified atom stereocenters. The second-order valence-corrected chi connectivity index (χ2v) is 5.46. The molecule has 2 atom stereocenters. The Morgan fingerprint density at radius 1 is 1.35 bits per heavy atom. The van der Waals surface area contributed by atoms with Gasteiger partial charge >= 0.3 is 10.5 Å². The SMILES string of the molecule is CCCC1(c2ccc(C)cc2)CC1N=S(=O)=O. The van der Waals surface area contributed by atoms with Crippen LogP contribution in [0.15, 0.2) is 28.6 Å². The molecule has 1 fully saturated rings. The summed E-state index contributed by atoms with van der Waals surface area (Å²) in [6.07, 6.45) is 2.91. The topological polar surface area (TPSA) is 46.5 Å². The number of rotatable bonds is 4. The fraction of sp³-hybridized carbons (Fsp3) is 0.538. The number of nitrogens with zero attached hydrogens (tertiary/aromatic N) is 1. The molecule has 0 amide bonds. The van der Waals surface area contributed by atoms with Gasteiger partial charge in [-0.1, -0.05) is 43.2 Å². The molecule has 17 heavy (non-hydrogen) atoms. The van der Waals surface area contributed by atoms with Crippen molar-refractivity contribution in [1.29, 1.82) is 0 Å². The van der Waals surface area contributed by atoms with Crippen molar-refractivity contribution >= 4 is 10.5 Å². The Balaban J connectivity index is 2.32. The third-order valence-corrected chi connectivity index (χ3v) is 4.00. The zero-order chi connectivity index (χ0) is 12.5. The summed E-state index contributed by atoms with van der Waals surface area (Å²) in [6, 6.07) is 8.32. The van der Waals surface area contributed by atoms with Crippen molar-refractivity contribution in [3.8, 4) is 0 Å². The van der Waals surface area contributed by atoms with Gasteiger partial charge in [-0.25, -0.2) is 0 Å². The zero-order valence-corrected chi connectivity index (χ0v) is 11.0. The summed E-state index contributed by atoms with van der Waals surface area (Å²) in [6.45, 7) is 4.18. The van der Waals surface area contributed by atoms with Crippen LogP contribution in [0, 0.1) is 6.92 Å². The molecular formula is C13H17NO2S. The summed E-state index contributed by atoms with van der Waals surface area (Å²) < 4.78 is 25.1. The van der Waals surface area contributed by atoms with Crippen LogP contribution in [0.2, 0.25) is 0 Å². The highest BCUT2D eigenvalue weighted by Crippen LogP contribution is 2.54. The molecule has 0 saturated heterocycles. The smallest absolute Gasteiger partial charge is 0.168 e. The highest BCUT2D eigenvalue weighted by molar-refractivity contribution is 7.61. The van der Waals surface area contributed by atoms with E-state index in [1.807, 2.05) is 0 Å². The maximum atomic E-state index is 10.7. The van der Waals surface area contributed by atoms with Crippen molar-refractivity contribution in [3.63, 3.8) is 0 Å². The molecule has 2 rings (SSSR count). The Labute approximate surface area is 104 Å². The number of benzene rings is 1. The van der Waals surface area contributed by atoms with Crippen molar-refractivity contribution < 1.29 is 8.42 Å². The van der Waals surface area contributed by atoms with E-state index in [4.69, 9.17) is 0 Å². The predicted octanol–water partition coefficient (Wildman–Crippen LogP) is 2.87. The molecule has 0 heterocycles. The molecule has 1 aliphatic rings. The van der Waals surface area contributed by atoms with Gasteiger partial charge in [0.05, 0.1) is 6.04 Å². The minimum Gasteiger partial charge on any atom is -0.168 e. The fourth-order valence-electron chi connectivity index (χ4n) is 2.58. The van der Waals surface area contributed by atoms with E-state index in [0.29, 0.717) is 0 Å². The first-order valence-electron chi connectivity index (χ1n) is 5.96. The van der Waals surface area contributed by atoms with E-state index in [1.165, 1.54) is 11.1 Å². The van der Waals surface area contributed by atoms with E-state index in [-0.39, 0.29) is 11.5 Å². The molecule has 0 bridgehead atoms. The van der Waals surface area contributed by atoms with Crippen LogP contribution >= 0.6 is 0 Å². The first kappa shape index (κ1) is 12.3. The first-order valence-corrected chi connectivity index (χ1v) is 6.99. The van der Waals surface area contributed by atoms with Gasteiger partial charge in [-0.2, -0.15) is 12.8 Å². The van der Waals surface area contributed by atoms with E-state index in [0.717, 1.165) is 19.3 Å². The standard InChI is InChI=1S/C13H17NO2S/c1-3-8-13(9-12(13)14-17(15)16)11-6-4-10(2)5-7-11/h4-7,12H,3,8-9H2,1-2H3. The molecule has 4 heteroatoms. The van der Waals surface area contributed by atoms with Crippen LogP contribution in [-0.4, -0.2) is 14.5 Å². The van der Waals surface area contributed by atoms with Crippen LogP contribution in [0.5, 0.6) is 0 Å². The molecule has 3 nitrogen and oxygen atoms in total. The highest BCUT2D eigenvalue weighted by atomic mass is 32.2. The number of hydrogen-bond donors (Lipinski definition) is 0. The van der Waals surface area contributed by atoms with E-state index < -0.39 is 10.5 Å². The van der Waals surface area contributed by atoms with Gasteiger partial charge in [-0.3, -0.25) is 0 Å². The second kappa shape index (κ2) is 4.61. The maximum Gasteiger partial charge on any atom is 0.311 e. The Morgan fingerprint density at radius 3 is 2.53 bits per heavy atom. The van der Waals surface area contributed by atoms with Crippen molar-refractivity contribution in [1.82, 2.24) is 0 Å². The molecule has 0 aliphatic heterocycles. The van der Waals surface area contributed by atoms with Crippen LogP contribution in [0.4, 0.5) is 0 Å². The van der Waals surface area contributed by atoms with Crippen LogP contribution in [-0.2, 0) is 15.9 Å². The van der Waals surface area contributed by atoms with Crippen LogP contribution in [0.25, 0.3) is 0 Å². The van der Waals surface area contributed by atoms with Crippen LogP contribution in [0.3, 0.4) is 0 Å². The fourth-order valence-corrected chi connectivity index (χ4v) is 3.07. The van der Waals surface area contributed by atoms with Gasteiger partial charge < -0.3 is 0 Å². The van der Waals surface area contributed by atoms with E-state index >= 15 is 0 Å². The largest absolute Gasteiger partial charge is 0.311 e. The molecule has 0 radical (unpaired) electrons. The Morgan fingerprint density at radius 2 is 2.00 bits per heavy atom. The molecule has 1 saturated carbocycles. The molecule has 0 spiro atoms. The lowest BCUT2D eigenvalue weighted by Gasteiger charge is -2.15. The zero-order valence-electron chi connectivity index (χ0n) is 10.2. The Hall–Kier alpha value is -1.16. The molecule has 0 aromatic heterocycles. The summed E-state index contributed by atoms with van der Waals surface area (Å²) in [7, 11) is -2.29. The summed E-state index contributed by atoms with van der Waals surface area (Å²) >= 11 is 0. The highest BCUT2D eigenvalue weighted by Gasteiger charge is 2.55. The van der Waals surface area contributed by atoms with E-state index in [1.54, 1.807) is 0 Å². The minimum absolute atomic E-state index is 0.0253. The van der Waals surface area contributed by atoms with Crippen molar-refractivity contribution in [3.05, 3.63) is 35.4 Å². The number of hydrogen-bond acceptors (Lipinski definition) is 3. The molecule has 1 aromatic rings. The Bertz CT molecular complexity index is 525. The molecule has 1 aliphatic carbocycles. The quantitative estimate of drug-likeness (QED) is 0.826. The van der Waals surface area contributed by atoms with Gasteiger partial charge in [0.1, 0.15) is 0 Å². The molecule has 92 valence electrons. The average Bonchev–Trinajstić information content (AvgIpc) is 2.93. The molecule has 1 aromatic carbocycles. The monoisotopic (exact) mass is 251 g/mol. The van der Waals surface area contributed by atoms with E-state index in [9.17, 15) is 8.42 Å². The molecule has 0 N–H and O–H groups in total.